The van der Waals surface area contributed by atoms with E-state index in [0.29, 0.717) is 0 Å². The predicted octanol–water partition coefficient (Wildman–Crippen LogP) is 5.15. The monoisotopic (exact) mass is 285 g/mol. The van der Waals surface area contributed by atoms with Crippen LogP contribution in [0.25, 0.3) is 0 Å². The van der Waals surface area contributed by atoms with E-state index in [9.17, 15) is 0 Å². The van der Waals surface area contributed by atoms with Gasteiger partial charge in [0.05, 0.1) is 6.04 Å². The average molecular weight is 285 g/mol. The number of nitrogens with two attached hydrogens (primary N) is 1. The summed E-state index contributed by atoms with van der Waals surface area (Å²) in [5.41, 5.74) is 11.7. The maximum Gasteiger partial charge on any atom is 0.0562 e. The number of benzene rings is 1. The Morgan fingerprint density at radius 3 is 2.35 bits per heavy atom. The Kier molecular flexibility index (Phi) is 4.23. The van der Waals surface area contributed by atoms with Gasteiger partial charge in [-0.05, 0) is 58.7 Å². The summed E-state index contributed by atoms with van der Waals surface area (Å²) in [6.45, 7) is 2.14. The summed E-state index contributed by atoms with van der Waals surface area (Å²) in [7, 11) is 0. The molecule has 0 spiro atoms. The molecule has 106 valence electrons. The maximum atomic E-state index is 6.40. The summed E-state index contributed by atoms with van der Waals surface area (Å²) >= 11 is 1.74. The van der Waals surface area contributed by atoms with Crippen molar-refractivity contribution in [1.82, 2.24) is 0 Å². The Balaban J connectivity index is 1.77. The number of hydrogen-bond acceptors (Lipinski definition) is 2. The van der Waals surface area contributed by atoms with Crippen molar-refractivity contribution < 1.29 is 0 Å². The SMILES string of the molecule is Cc1cscc1C(N)c1ccc(C2CCCCC2)cc1. The molecule has 1 aliphatic rings. The van der Waals surface area contributed by atoms with E-state index in [1.807, 2.05) is 0 Å². The van der Waals surface area contributed by atoms with Gasteiger partial charge in [-0.25, -0.2) is 0 Å². The van der Waals surface area contributed by atoms with E-state index in [1.54, 1.807) is 11.3 Å². The van der Waals surface area contributed by atoms with E-state index in [-0.39, 0.29) is 6.04 Å². The summed E-state index contributed by atoms with van der Waals surface area (Å²) in [5.74, 6) is 0.775. The zero-order valence-corrected chi connectivity index (χ0v) is 13.0. The van der Waals surface area contributed by atoms with Gasteiger partial charge in [0.1, 0.15) is 0 Å². The Morgan fingerprint density at radius 2 is 1.75 bits per heavy atom. The van der Waals surface area contributed by atoms with E-state index in [4.69, 9.17) is 5.73 Å². The fourth-order valence-corrected chi connectivity index (χ4v) is 4.17. The maximum absolute atomic E-state index is 6.40. The highest BCUT2D eigenvalue weighted by Gasteiger charge is 2.16. The minimum Gasteiger partial charge on any atom is -0.320 e. The molecule has 1 atom stereocenters. The van der Waals surface area contributed by atoms with Gasteiger partial charge in [-0.15, -0.1) is 0 Å². The van der Waals surface area contributed by atoms with Gasteiger partial charge >= 0.3 is 0 Å². The first-order valence-electron chi connectivity index (χ1n) is 7.64. The highest BCUT2D eigenvalue weighted by atomic mass is 32.1. The van der Waals surface area contributed by atoms with Gasteiger partial charge in [0.25, 0.3) is 0 Å². The summed E-state index contributed by atoms with van der Waals surface area (Å²) in [6, 6.07) is 9.07. The number of hydrogen-bond donors (Lipinski definition) is 1. The summed E-state index contributed by atoms with van der Waals surface area (Å²) < 4.78 is 0. The van der Waals surface area contributed by atoms with Gasteiger partial charge in [0, 0.05) is 0 Å². The quantitative estimate of drug-likeness (QED) is 0.829. The fourth-order valence-electron chi connectivity index (χ4n) is 3.28. The second-order valence-corrected chi connectivity index (χ2v) is 6.73. The molecule has 0 radical (unpaired) electrons. The third kappa shape index (κ3) is 2.82. The van der Waals surface area contributed by atoms with Gasteiger partial charge in [0.2, 0.25) is 0 Å². The van der Waals surface area contributed by atoms with Crippen molar-refractivity contribution in [1.29, 1.82) is 0 Å². The first-order valence-corrected chi connectivity index (χ1v) is 8.58. The summed E-state index contributed by atoms with van der Waals surface area (Å²) in [4.78, 5) is 0. The van der Waals surface area contributed by atoms with Crippen LogP contribution in [0.5, 0.6) is 0 Å². The fraction of sp³-hybridized carbons (Fsp3) is 0.444. The Labute approximate surface area is 125 Å². The van der Waals surface area contributed by atoms with E-state index in [2.05, 4.69) is 41.9 Å². The lowest BCUT2D eigenvalue weighted by atomic mass is 9.83. The van der Waals surface area contributed by atoms with Crippen LogP contribution in [0.15, 0.2) is 35.0 Å². The van der Waals surface area contributed by atoms with Crippen LogP contribution >= 0.6 is 11.3 Å². The second-order valence-electron chi connectivity index (χ2n) is 5.99. The van der Waals surface area contributed by atoms with Crippen molar-refractivity contribution in [3.8, 4) is 0 Å². The van der Waals surface area contributed by atoms with Crippen molar-refractivity contribution in [2.24, 2.45) is 5.73 Å². The van der Waals surface area contributed by atoms with Crippen molar-refractivity contribution >= 4 is 11.3 Å². The van der Waals surface area contributed by atoms with Gasteiger partial charge in [-0.1, -0.05) is 43.5 Å². The van der Waals surface area contributed by atoms with Crippen molar-refractivity contribution in [3.05, 3.63) is 57.3 Å². The summed E-state index contributed by atoms with van der Waals surface area (Å²) in [6.07, 6.45) is 6.90. The smallest absolute Gasteiger partial charge is 0.0562 e. The lowest BCUT2D eigenvalue weighted by molar-refractivity contribution is 0.443. The molecule has 2 heteroatoms. The van der Waals surface area contributed by atoms with Crippen molar-refractivity contribution in [2.75, 3.05) is 0 Å². The van der Waals surface area contributed by atoms with Gasteiger partial charge in [0.15, 0.2) is 0 Å². The van der Waals surface area contributed by atoms with Crippen LogP contribution in [0.2, 0.25) is 0 Å². The molecular weight excluding hydrogens is 262 g/mol. The normalized spacial score (nSPS) is 18.1. The molecule has 3 rings (SSSR count). The van der Waals surface area contributed by atoms with Crippen LogP contribution in [0.3, 0.4) is 0 Å². The molecule has 1 unspecified atom stereocenters. The Bertz CT molecular complexity index is 549. The Morgan fingerprint density at radius 1 is 1.05 bits per heavy atom. The number of rotatable bonds is 3. The topological polar surface area (TPSA) is 26.0 Å². The van der Waals surface area contributed by atoms with Crippen molar-refractivity contribution in [2.45, 2.75) is 51.0 Å². The van der Waals surface area contributed by atoms with Gasteiger partial charge < -0.3 is 5.73 Å². The molecule has 2 N–H and O–H groups in total. The van der Waals surface area contributed by atoms with Crippen LogP contribution in [-0.4, -0.2) is 0 Å². The highest BCUT2D eigenvalue weighted by Crippen LogP contribution is 2.33. The minimum absolute atomic E-state index is 0.0154. The first-order chi connectivity index (χ1) is 9.75. The molecule has 0 amide bonds. The molecule has 0 saturated heterocycles. The molecule has 1 aromatic carbocycles. The zero-order chi connectivity index (χ0) is 13.9. The first kappa shape index (κ1) is 13.8. The molecule has 1 heterocycles. The average Bonchev–Trinajstić information content (AvgIpc) is 2.94. The van der Waals surface area contributed by atoms with Crippen LogP contribution in [0, 0.1) is 6.92 Å². The standard InChI is InChI=1S/C18H23NS/c1-13-11-20-12-17(13)18(19)16-9-7-15(8-10-16)14-5-3-2-4-6-14/h7-12,14,18H,2-6,19H2,1H3. The van der Waals surface area contributed by atoms with Crippen LogP contribution in [-0.2, 0) is 0 Å². The number of aryl methyl sites for hydroxylation is 1. The molecule has 20 heavy (non-hydrogen) atoms. The summed E-state index contributed by atoms with van der Waals surface area (Å²) in [5, 5.41) is 4.35. The number of thiophene rings is 1. The molecule has 0 bridgehead atoms. The molecular formula is C18H23NS. The third-order valence-electron chi connectivity index (χ3n) is 4.60. The van der Waals surface area contributed by atoms with Crippen LogP contribution in [0.1, 0.15) is 66.3 Å². The van der Waals surface area contributed by atoms with Gasteiger partial charge in [-0.2, -0.15) is 11.3 Å². The minimum atomic E-state index is 0.0154. The van der Waals surface area contributed by atoms with E-state index in [0.717, 1.165) is 5.92 Å². The van der Waals surface area contributed by atoms with E-state index in [1.165, 1.54) is 54.4 Å². The molecule has 0 aliphatic heterocycles. The van der Waals surface area contributed by atoms with Crippen LogP contribution in [0.4, 0.5) is 0 Å². The second kappa shape index (κ2) is 6.11. The molecule has 1 nitrogen and oxygen atoms in total. The molecule has 1 aliphatic carbocycles. The van der Waals surface area contributed by atoms with E-state index >= 15 is 0 Å². The lowest BCUT2D eigenvalue weighted by Crippen LogP contribution is -2.12. The predicted molar refractivity (Wildman–Crippen MR) is 87.4 cm³/mol. The lowest BCUT2D eigenvalue weighted by Gasteiger charge is -2.22. The molecule has 1 aromatic heterocycles. The van der Waals surface area contributed by atoms with Crippen LogP contribution < -0.4 is 5.73 Å². The molecule has 2 aromatic rings. The molecule has 1 fully saturated rings. The van der Waals surface area contributed by atoms with Crippen molar-refractivity contribution in [3.63, 3.8) is 0 Å². The Hall–Kier alpha value is -1.12. The van der Waals surface area contributed by atoms with Gasteiger partial charge in [-0.3, -0.25) is 0 Å². The largest absolute Gasteiger partial charge is 0.320 e. The zero-order valence-electron chi connectivity index (χ0n) is 12.1. The van der Waals surface area contributed by atoms with E-state index < -0.39 is 0 Å². The third-order valence-corrected chi connectivity index (χ3v) is 5.48. The molecule has 1 saturated carbocycles. The highest BCUT2D eigenvalue weighted by molar-refractivity contribution is 7.08.